The van der Waals surface area contributed by atoms with E-state index in [0.717, 1.165) is 12.2 Å². The van der Waals surface area contributed by atoms with Crippen LogP contribution in [0.3, 0.4) is 0 Å². The van der Waals surface area contributed by atoms with Crippen LogP contribution >= 0.6 is 0 Å². The van der Waals surface area contributed by atoms with Crippen LogP contribution in [-0.2, 0) is 9.53 Å². The van der Waals surface area contributed by atoms with E-state index in [1.54, 1.807) is 0 Å². The van der Waals surface area contributed by atoms with Crippen molar-refractivity contribution < 1.29 is 19.4 Å². The number of ether oxygens (including phenoxy) is 2. The number of para-hydroxylation sites is 1. The molecular weight excluding hydrogens is 246 g/mol. The van der Waals surface area contributed by atoms with Gasteiger partial charge in [0.25, 0.3) is 0 Å². The van der Waals surface area contributed by atoms with Crippen molar-refractivity contribution in [3.63, 3.8) is 0 Å². The zero-order chi connectivity index (χ0) is 14.1. The van der Waals surface area contributed by atoms with Gasteiger partial charge in [-0.3, -0.25) is 0 Å². The highest BCUT2D eigenvalue weighted by molar-refractivity contribution is 5.78. The van der Waals surface area contributed by atoms with Gasteiger partial charge >= 0.3 is 5.97 Å². The number of benzene rings is 1. The second-order valence-corrected chi connectivity index (χ2v) is 4.46. The maximum absolute atomic E-state index is 11.2. The molecule has 0 heterocycles. The van der Waals surface area contributed by atoms with E-state index in [1.807, 2.05) is 30.3 Å². The Morgan fingerprint density at radius 2 is 2.05 bits per heavy atom. The lowest BCUT2D eigenvalue weighted by atomic mass is 10.1. The standard InChI is InChI=1S/C14H21NO4/c1-14(17,13(16)18-2)11-15-9-6-10-19-12-7-4-3-5-8-12/h3-5,7-8,15,17H,6,9-11H2,1-2H3. The minimum Gasteiger partial charge on any atom is -0.494 e. The number of carbonyl (C=O) groups is 1. The highest BCUT2D eigenvalue weighted by Gasteiger charge is 2.30. The van der Waals surface area contributed by atoms with Crippen molar-refractivity contribution in [2.24, 2.45) is 0 Å². The first-order chi connectivity index (χ1) is 9.06. The molecule has 0 aliphatic rings. The van der Waals surface area contributed by atoms with Crippen molar-refractivity contribution >= 4 is 5.97 Å². The first-order valence-corrected chi connectivity index (χ1v) is 6.25. The normalized spacial score (nSPS) is 13.6. The summed E-state index contributed by atoms with van der Waals surface area (Å²) in [6.45, 7) is 2.81. The lowest BCUT2D eigenvalue weighted by Gasteiger charge is -2.20. The van der Waals surface area contributed by atoms with Gasteiger partial charge < -0.3 is 19.9 Å². The summed E-state index contributed by atoms with van der Waals surface area (Å²) < 4.78 is 10.0. The molecule has 0 bridgehead atoms. The van der Waals surface area contributed by atoms with Gasteiger partial charge in [-0.2, -0.15) is 0 Å². The number of methoxy groups -OCH3 is 1. The van der Waals surface area contributed by atoms with E-state index in [0.29, 0.717) is 13.2 Å². The summed E-state index contributed by atoms with van der Waals surface area (Å²) in [5.74, 6) is 0.199. The van der Waals surface area contributed by atoms with Gasteiger partial charge in [0.05, 0.1) is 13.7 Å². The van der Waals surface area contributed by atoms with Crippen molar-refractivity contribution in [1.82, 2.24) is 5.32 Å². The summed E-state index contributed by atoms with van der Waals surface area (Å²) in [7, 11) is 1.25. The average molecular weight is 267 g/mol. The lowest BCUT2D eigenvalue weighted by Crippen LogP contribution is -2.45. The molecule has 0 aliphatic heterocycles. The van der Waals surface area contributed by atoms with Gasteiger partial charge in [0, 0.05) is 6.54 Å². The molecule has 0 radical (unpaired) electrons. The molecule has 19 heavy (non-hydrogen) atoms. The average Bonchev–Trinajstić information content (AvgIpc) is 2.42. The highest BCUT2D eigenvalue weighted by atomic mass is 16.5. The molecule has 5 nitrogen and oxygen atoms in total. The number of esters is 1. The molecule has 1 unspecified atom stereocenters. The van der Waals surface area contributed by atoms with Gasteiger partial charge in [-0.1, -0.05) is 18.2 Å². The fourth-order valence-corrected chi connectivity index (χ4v) is 1.53. The van der Waals surface area contributed by atoms with Crippen LogP contribution in [0.4, 0.5) is 0 Å². The number of hydrogen-bond acceptors (Lipinski definition) is 5. The fourth-order valence-electron chi connectivity index (χ4n) is 1.53. The fraction of sp³-hybridized carbons (Fsp3) is 0.500. The Balaban J connectivity index is 2.10. The Hall–Kier alpha value is -1.59. The van der Waals surface area contributed by atoms with Crippen molar-refractivity contribution in [2.45, 2.75) is 18.9 Å². The van der Waals surface area contributed by atoms with Crippen LogP contribution in [0, 0.1) is 0 Å². The van der Waals surface area contributed by atoms with Crippen molar-refractivity contribution in [2.75, 3.05) is 26.8 Å². The quantitative estimate of drug-likeness (QED) is 0.542. The van der Waals surface area contributed by atoms with Gasteiger partial charge in [-0.15, -0.1) is 0 Å². The third kappa shape index (κ3) is 5.72. The lowest BCUT2D eigenvalue weighted by molar-refractivity contribution is -0.159. The molecule has 0 fully saturated rings. The predicted molar refractivity (Wildman–Crippen MR) is 72.1 cm³/mol. The van der Waals surface area contributed by atoms with Gasteiger partial charge in [0.1, 0.15) is 5.75 Å². The topological polar surface area (TPSA) is 67.8 Å². The van der Waals surface area contributed by atoms with E-state index < -0.39 is 11.6 Å². The van der Waals surface area contributed by atoms with E-state index in [4.69, 9.17) is 4.74 Å². The number of nitrogens with one attached hydrogen (secondary N) is 1. The van der Waals surface area contributed by atoms with E-state index in [2.05, 4.69) is 10.1 Å². The molecule has 1 atom stereocenters. The second-order valence-electron chi connectivity index (χ2n) is 4.46. The molecule has 1 aromatic carbocycles. The molecule has 0 amide bonds. The third-order valence-electron chi connectivity index (χ3n) is 2.60. The van der Waals surface area contributed by atoms with Crippen molar-refractivity contribution in [3.05, 3.63) is 30.3 Å². The summed E-state index contributed by atoms with van der Waals surface area (Å²) in [6.07, 6.45) is 0.784. The third-order valence-corrected chi connectivity index (χ3v) is 2.60. The molecule has 5 heteroatoms. The van der Waals surface area contributed by atoms with E-state index in [-0.39, 0.29) is 6.54 Å². The van der Waals surface area contributed by atoms with Gasteiger partial charge in [0.2, 0.25) is 0 Å². The summed E-state index contributed by atoms with van der Waals surface area (Å²) in [5, 5.41) is 12.7. The van der Waals surface area contributed by atoms with Crippen LogP contribution < -0.4 is 10.1 Å². The summed E-state index contributed by atoms with van der Waals surface area (Å²) in [5.41, 5.74) is -1.49. The summed E-state index contributed by atoms with van der Waals surface area (Å²) in [4.78, 5) is 11.2. The maximum Gasteiger partial charge on any atom is 0.338 e. The Bertz CT molecular complexity index is 378. The van der Waals surface area contributed by atoms with Crippen LogP contribution in [0.5, 0.6) is 5.75 Å². The SMILES string of the molecule is COC(=O)C(C)(O)CNCCCOc1ccccc1. The second kappa shape index (κ2) is 7.76. The van der Waals surface area contributed by atoms with Crippen LogP contribution in [0.2, 0.25) is 0 Å². The minimum atomic E-state index is -1.49. The molecular formula is C14H21NO4. The van der Waals surface area contributed by atoms with Gasteiger partial charge in [-0.25, -0.2) is 4.79 Å². The number of carbonyl (C=O) groups excluding carboxylic acids is 1. The van der Waals surface area contributed by atoms with E-state index in [9.17, 15) is 9.90 Å². The molecule has 0 spiro atoms. The molecule has 0 aromatic heterocycles. The minimum absolute atomic E-state index is 0.158. The molecule has 1 aromatic rings. The highest BCUT2D eigenvalue weighted by Crippen LogP contribution is 2.08. The van der Waals surface area contributed by atoms with E-state index in [1.165, 1.54) is 14.0 Å². The Kier molecular flexibility index (Phi) is 6.32. The first-order valence-electron chi connectivity index (χ1n) is 6.25. The van der Waals surface area contributed by atoms with E-state index >= 15 is 0 Å². The summed E-state index contributed by atoms with van der Waals surface area (Å²) in [6, 6.07) is 9.57. The molecule has 0 saturated carbocycles. The van der Waals surface area contributed by atoms with Crippen LogP contribution in [0.1, 0.15) is 13.3 Å². The Morgan fingerprint density at radius 3 is 2.68 bits per heavy atom. The molecule has 106 valence electrons. The van der Waals surface area contributed by atoms with Gasteiger partial charge in [0.15, 0.2) is 5.60 Å². The Morgan fingerprint density at radius 1 is 1.37 bits per heavy atom. The van der Waals surface area contributed by atoms with Crippen LogP contribution in [0.15, 0.2) is 30.3 Å². The molecule has 0 saturated heterocycles. The number of rotatable bonds is 8. The summed E-state index contributed by atoms with van der Waals surface area (Å²) >= 11 is 0. The van der Waals surface area contributed by atoms with Gasteiger partial charge in [-0.05, 0) is 32.0 Å². The predicted octanol–water partition coefficient (Wildman–Crippen LogP) is 0.969. The molecule has 2 N–H and O–H groups in total. The molecule has 0 aliphatic carbocycles. The van der Waals surface area contributed by atoms with Crippen molar-refractivity contribution in [1.29, 1.82) is 0 Å². The zero-order valence-electron chi connectivity index (χ0n) is 11.4. The zero-order valence-corrected chi connectivity index (χ0v) is 11.4. The number of hydrogen-bond donors (Lipinski definition) is 2. The van der Waals surface area contributed by atoms with Crippen molar-refractivity contribution in [3.8, 4) is 5.75 Å². The largest absolute Gasteiger partial charge is 0.494 e. The molecule has 1 rings (SSSR count). The maximum atomic E-state index is 11.2. The number of aliphatic hydroxyl groups is 1. The monoisotopic (exact) mass is 267 g/mol. The first kappa shape index (κ1) is 15.5. The van der Waals surface area contributed by atoms with Crippen LogP contribution in [0.25, 0.3) is 0 Å². The Labute approximate surface area is 113 Å². The smallest absolute Gasteiger partial charge is 0.338 e. The van der Waals surface area contributed by atoms with Crippen LogP contribution in [-0.4, -0.2) is 43.5 Å².